The van der Waals surface area contributed by atoms with Crippen LogP contribution in [0.5, 0.6) is 0 Å². The van der Waals surface area contributed by atoms with Crippen LogP contribution in [0.15, 0.2) is 24.3 Å². The Labute approximate surface area is 169 Å². The second-order valence-electron chi connectivity index (χ2n) is 2.16. The smallest absolute Gasteiger partial charge is 1.00 e. The van der Waals surface area contributed by atoms with Gasteiger partial charge in [0.05, 0.1) is 11.1 Å². The maximum Gasteiger partial charge on any atom is 1.00 e. The third-order valence-corrected chi connectivity index (χ3v) is 1.39. The Balaban J connectivity index is -0.000000180. The second-order valence-corrected chi connectivity index (χ2v) is 2.16. The molecule has 66 valence electrons. The van der Waals surface area contributed by atoms with E-state index in [1.807, 2.05) is 0 Å². The zero-order chi connectivity index (χ0) is 9.14. The Bertz CT molecular complexity index is 314. The van der Waals surface area contributed by atoms with Crippen LogP contribution in [0.3, 0.4) is 0 Å². The molecule has 1 rings (SSSR count). The Kier molecular flexibility index (Phi) is 10.9. The predicted molar refractivity (Wildman–Crippen MR) is 42.6 cm³/mol. The Morgan fingerprint density at radius 3 is 1.43 bits per heavy atom. The second kappa shape index (κ2) is 8.57. The number of aromatic carboxylic acids is 2. The van der Waals surface area contributed by atoms with E-state index in [0.717, 1.165) is 0 Å². The molecule has 0 amide bonds. The number of rotatable bonds is 2. The van der Waals surface area contributed by atoms with E-state index >= 15 is 0 Å². The molecule has 0 saturated heterocycles. The number of carbonyl (C=O) groups is 2. The van der Waals surface area contributed by atoms with Crippen molar-refractivity contribution in [2.24, 2.45) is 0 Å². The normalized spacial score (nSPS) is 8.00. The molecule has 0 aliphatic carbocycles. The molecule has 0 spiro atoms. The fourth-order valence-corrected chi connectivity index (χ4v) is 0.856. The summed E-state index contributed by atoms with van der Waals surface area (Å²) in [6, 6.07) is 5.48. The van der Waals surface area contributed by atoms with Crippen molar-refractivity contribution >= 4 is 11.9 Å². The molecule has 1 aromatic carbocycles. The first-order valence-electron chi connectivity index (χ1n) is 3.18. The minimum absolute atomic E-state index is 0. The minimum Gasteiger partial charge on any atom is -1.00 e. The molecule has 0 atom stereocenters. The zero-order valence-corrected chi connectivity index (χ0v) is 14.3. The molecule has 0 heterocycles. The van der Waals surface area contributed by atoms with E-state index in [1.54, 1.807) is 0 Å². The third kappa shape index (κ3) is 4.97. The molecule has 4 nitrogen and oxygen atoms in total. The number of benzene rings is 1. The van der Waals surface area contributed by atoms with Crippen LogP contribution in [0.1, 0.15) is 23.6 Å². The van der Waals surface area contributed by atoms with E-state index in [-0.39, 0.29) is 117 Å². The fraction of sp³-hybridized carbons (Fsp3) is 0. The van der Waals surface area contributed by atoms with Crippen molar-refractivity contribution in [2.45, 2.75) is 0 Å². The molecule has 0 aromatic heterocycles. The van der Waals surface area contributed by atoms with Gasteiger partial charge in [-0.25, -0.2) is 9.59 Å². The van der Waals surface area contributed by atoms with Crippen LogP contribution in [0.25, 0.3) is 0 Å². The topological polar surface area (TPSA) is 74.6 Å². The Hall–Kier alpha value is 1.43. The van der Waals surface area contributed by atoms with Gasteiger partial charge in [-0.05, 0) is 12.1 Å². The van der Waals surface area contributed by atoms with Crippen molar-refractivity contribution in [3.63, 3.8) is 0 Å². The maximum atomic E-state index is 10.5. The van der Waals surface area contributed by atoms with Crippen LogP contribution in [0.2, 0.25) is 0 Å². The van der Waals surface area contributed by atoms with E-state index in [9.17, 15) is 9.59 Å². The third-order valence-electron chi connectivity index (χ3n) is 1.39. The Morgan fingerprint density at radius 1 is 0.929 bits per heavy atom. The number of hydrogen-bond donors (Lipinski definition) is 2. The SMILES string of the molecule is O=C(O)c1ccccc1C(=O)O.[H-].[H-].[K+].[K+]. The largest absolute Gasteiger partial charge is 1.00 e. The van der Waals surface area contributed by atoms with Crippen molar-refractivity contribution < 1.29 is 125 Å². The first-order valence-corrected chi connectivity index (χ1v) is 3.18. The average molecular weight is 246 g/mol. The van der Waals surface area contributed by atoms with E-state index in [1.165, 1.54) is 24.3 Å². The summed E-state index contributed by atoms with van der Waals surface area (Å²) in [6.45, 7) is 0. The van der Waals surface area contributed by atoms with E-state index in [0.29, 0.717) is 0 Å². The molecule has 2 N–H and O–H groups in total. The zero-order valence-electron chi connectivity index (χ0n) is 10.0. The quantitative estimate of drug-likeness (QED) is 0.514. The summed E-state index contributed by atoms with van der Waals surface area (Å²) in [7, 11) is 0. The van der Waals surface area contributed by atoms with Gasteiger partial charge in [0.15, 0.2) is 0 Å². The summed E-state index contributed by atoms with van der Waals surface area (Å²) in [5.41, 5.74) is -0.380. The monoisotopic (exact) mass is 246 g/mol. The van der Waals surface area contributed by atoms with Gasteiger partial charge in [0.2, 0.25) is 0 Å². The predicted octanol–water partition coefficient (Wildman–Crippen LogP) is -4.68. The van der Waals surface area contributed by atoms with E-state index < -0.39 is 11.9 Å². The number of hydrogen-bond acceptors (Lipinski definition) is 2. The van der Waals surface area contributed by atoms with Crippen molar-refractivity contribution in [2.75, 3.05) is 0 Å². The summed E-state index contributed by atoms with van der Waals surface area (Å²) < 4.78 is 0. The van der Waals surface area contributed by atoms with Gasteiger partial charge in [0.1, 0.15) is 0 Å². The van der Waals surface area contributed by atoms with Crippen LogP contribution in [0, 0.1) is 0 Å². The van der Waals surface area contributed by atoms with Crippen molar-refractivity contribution in [1.82, 2.24) is 0 Å². The first-order chi connectivity index (χ1) is 5.63. The molecule has 1 aromatic rings. The van der Waals surface area contributed by atoms with Gasteiger partial charge in [-0.3, -0.25) is 0 Å². The molecule has 0 saturated carbocycles. The molecule has 0 fully saturated rings. The first kappa shape index (κ1) is 17.8. The molecule has 0 aliphatic heterocycles. The van der Waals surface area contributed by atoms with Gasteiger partial charge in [0, 0.05) is 0 Å². The van der Waals surface area contributed by atoms with Gasteiger partial charge in [-0.2, -0.15) is 0 Å². The molecule has 0 aliphatic rings. The van der Waals surface area contributed by atoms with Crippen LogP contribution in [0.4, 0.5) is 0 Å². The number of carboxylic acids is 2. The fourth-order valence-electron chi connectivity index (χ4n) is 0.856. The summed E-state index contributed by atoms with van der Waals surface area (Å²) in [6.07, 6.45) is 0. The van der Waals surface area contributed by atoms with Crippen LogP contribution in [-0.4, -0.2) is 22.2 Å². The molecule has 0 radical (unpaired) electrons. The summed E-state index contributed by atoms with van der Waals surface area (Å²) in [5, 5.41) is 17.1. The molecule has 6 heteroatoms. The summed E-state index contributed by atoms with van der Waals surface area (Å²) in [4.78, 5) is 20.9. The van der Waals surface area contributed by atoms with Crippen molar-refractivity contribution in [1.29, 1.82) is 0 Å². The van der Waals surface area contributed by atoms with Gasteiger partial charge in [-0.15, -0.1) is 0 Å². The standard InChI is InChI=1S/C8H6O4.2K.2H/c9-7(10)5-3-1-2-4-6(5)8(11)12;;;;/h1-4H,(H,9,10)(H,11,12);;;;/q;2*+1;2*-1. The van der Waals surface area contributed by atoms with Crippen LogP contribution in [-0.2, 0) is 0 Å². The van der Waals surface area contributed by atoms with Gasteiger partial charge in [-0.1, -0.05) is 12.1 Å². The van der Waals surface area contributed by atoms with Crippen LogP contribution < -0.4 is 103 Å². The van der Waals surface area contributed by atoms with Gasteiger partial charge in [0.25, 0.3) is 0 Å². The van der Waals surface area contributed by atoms with Gasteiger partial charge < -0.3 is 13.1 Å². The Morgan fingerprint density at radius 2 is 1.21 bits per heavy atom. The average Bonchev–Trinajstić information content (AvgIpc) is 2.04. The molecular weight excluding hydrogens is 238 g/mol. The maximum absolute atomic E-state index is 10.5. The molecule has 0 unspecified atom stereocenters. The van der Waals surface area contributed by atoms with Crippen molar-refractivity contribution in [3.8, 4) is 0 Å². The molecular formula is C8H8K2O4. The molecule has 14 heavy (non-hydrogen) atoms. The van der Waals surface area contributed by atoms with E-state index in [2.05, 4.69) is 0 Å². The van der Waals surface area contributed by atoms with E-state index in [4.69, 9.17) is 10.2 Å². The molecule has 0 bridgehead atoms. The van der Waals surface area contributed by atoms with Crippen LogP contribution >= 0.6 is 0 Å². The van der Waals surface area contributed by atoms with Crippen molar-refractivity contribution in [3.05, 3.63) is 35.4 Å². The number of carboxylic acid groups (broad SMARTS) is 2. The minimum atomic E-state index is -1.23. The summed E-state index contributed by atoms with van der Waals surface area (Å²) in [5.74, 6) is -2.46. The summed E-state index contributed by atoms with van der Waals surface area (Å²) >= 11 is 0. The van der Waals surface area contributed by atoms with Gasteiger partial charge >= 0.3 is 115 Å².